The minimum Gasteiger partial charge on any atom is -0.442 e. The first-order valence-electron chi connectivity index (χ1n) is 6.66. The average Bonchev–Trinajstić information content (AvgIpc) is 2.84. The van der Waals surface area contributed by atoms with Crippen LogP contribution in [0.25, 0.3) is 0 Å². The Bertz CT molecular complexity index is 506. The van der Waals surface area contributed by atoms with Crippen LogP contribution in [0.5, 0.6) is 0 Å². The number of thioether (sulfide) groups is 1. The minimum absolute atomic E-state index is 0.135. The summed E-state index contributed by atoms with van der Waals surface area (Å²) in [5.41, 5.74) is 0.763. The molecule has 0 saturated carbocycles. The van der Waals surface area contributed by atoms with E-state index in [4.69, 9.17) is 9.84 Å². The lowest BCUT2D eigenvalue weighted by molar-refractivity contribution is -0.119. The molecular formula is C14H18N2O4S. The van der Waals surface area contributed by atoms with Crippen LogP contribution in [-0.4, -0.2) is 48.7 Å². The minimum atomic E-state index is -0.402. The van der Waals surface area contributed by atoms with Crippen molar-refractivity contribution in [3.05, 3.63) is 24.3 Å². The molecule has 1 heterocycles. The van der Waals surface area contributed by atoms with E-state index in [0.717, 1.165) is 10.6 Å². The van der Waals surface area contributed by atoms with E-state index in [0.29, 0.717) is 18.8 Å². The summed E-state index contributed by atoms with van der Waals surface area (Å²) in [7, 11) is 0. The van der Waals surface area contributed by atoms with Crippen molar-refractivity contribution in [1.29, 1.82) is 0 Å². The van der Waals surface area contributed by atoms with Crippen LogP contribution in [-0.2, 0) is 9.53 Å². The van der Waals surface area contributed by atoms with Crippen molar-refractivity contribution in [2.45, 2.75) is 17.9 Å². The van der Waals surface area contributed by atoms with Crippen molar-refractivity contribution in [2.75, 3.05) is 30.3 Å². The zero-order valence-corrected chi connectivity index (χ0v) is 12.6. The van der Waals surface area contributed by atoms with Crippen LogP contribution in [0.15, 0.2) is 29.2 Å². The molecular weight excluding hydrogens is 292 g/mol. The van der Waals surface area contributed by atoms with Crippen molar-refractivity contribution < 1.29 is 19.4 Å². The zero-order chi connectivity index (χ0) is 15.2. The SMILES string of the molecule is CC(=O)NCC1CN(c2ccc(SCCO)cc2)C(=O)O1. The van der Waals surface area contributed by atoms with E-state index in [1.165, 1.54) is 6.92 Å². The molecule has 1 aliphatic heterocycles. The van der Waals surface area contributed by atoms with E-state index in [2.05, 4.69) is 5.32 Å². The highest BCUT2D eigenvalue weighted by Crippen LogP contribution is 2.25. The average molecular weight is 310 g/mol. The number of benzene rings is 1. The summed E-state index contributed by atoms with van der Waals surface area (Å²) in [5.74, 6) is 0.499. The highest BCUT2D eigenvalue weighted by molar-refractivity contribution is 7.99. The van der Waals surface area contributed by atoms with E-state index < -0.39 is 6.09 Å². The zero-order valence-electron chi connectivity index (χ0n) is 11.7. The predicted molar refractivity (Wildman–Crippen MR) is 80.6 cm³/mol. The largest absolute Gasteiger partial charge is 0.442 e. The first-order valence-corrected chi connectivity index (χ1v) is 7.65. The summed E-state index contributed by atoms with van der Waals surface area (Å²) in [6, 6.07) is 7.51. The molecule has 0 spiro atoms. The van der Waals surface area contributed by atoms with Gasteiger partial charge in [-0.3, -0.25) is 9.69 Å². The third kappa shape index (κ3) is 4.37. The summed E-state index contributed by atoms with van der Waals surface area (Å²) in [6.07, 6.45) is -0.731. The predicted octanol–water partition coefficient (Wildman–Crippen LogP) is 1.23. The summed E-state index contributed by atoms with van der Waals surface area (Å²) in [6.45, 7) is 2.30. The molecule has 1 atom stereocenters. The van der Waals surface area contributed by atoms with Gasteiger partial charge in [0.1, 0.15) is 6.10 Å². The second kappa shape index (κ2) is 7.33. The molecule has 114 valence electrons. The molecule has 1 aromatic carbocycles. The number of nitrogens with zero attached hydrogens (tertiary/aromatic N) is 1. The summed E-state index contributed by atoms with van der Waals surface area (Å²) < 4.78 is 5.21. The Morgan fingerprint density at radius 2 is 2.19 bits per heavy atom. The highest BCUT2D eigenvalue weighted by Gasteiger charge is 2.32. The standard InChI is InChI=1S/C14H18N2O4S/c1-10(18)15-8-12-9-16(14(19)20-12)11-2-4-13(5-3-11)21-7-6-17/h2-5,12,17H,6-9H2,1H3,(H,15,18). The van der Waals surface area contributed by atoms with Gasteiger partial charge in [0.2, 0.25) is 5.91 Å². The molecule has 0 aromatic heterocycles. The van der Waals surface area contributed by atoms with Crippen LogP contribution >= 0.6 is 11.8 Å². The van der Waals surface area contributed by atoms with E-state index >= 15 is 0 Å². The molecule has 1 saturated heterocycles. The van der Waals surface area contributed by atoms with Gasteiger partial charge in [0.25, 0.3) is 0 Å². The monoisotopic (exact) mass is 310 g/mol. The first-order chi connectivity index (χ1) is 10.1. The highest BCUT2D eigenvalue weighted by atomic mass is 32.2. The van der Waals surface area contributed by atoms with Crippen LogP contribution in [0.1, 0.15) is 6.92 Å². The van der Waals surface area contributed by atoms with Gasteiger partial charge in [0.15, 0.2) is 0 Å². The molecule has 2 amide bonds. The molecule has 2 rings (SSSR count). The number of anilines is 1. The van der Waals surface area contributed by atoms with Gasteiger partial charge in [-0.05, 0) is 24.3 Å². The van der Waals surface area contributed by atoms with Gasteiger partial charge >= 0.3 is 6.09 Å². The number of carbonyl (C=O) groups is 2. The molecule has 1 unspecified atom stereocenters. The molecule has 7 heteroatoms. The normalized spacial score (nSPS) is 17.7. The fourth-order valence-corrected chi connectivity index (χ4v) is 2.64. The number of hydrogen-bond acceptors (Lipinski definition) is 5. The number of amides is 2. The van der Waals surface area contributed by atoms with Gasteiger partial charge in [-0.15, -0.1) is 11.8 Å². The topological polar surface area (TPSA) is 78.9 Å². The number of rotatable bonds is 6. The molecule has 6 nitrogen and oxygen atoms in total. The van der Waals surface area contributed by atoms with Gasteiger partial charge in [-0.2, -0.15) is 0 Å². The number of ether oxygens (including phenoxy) is 1. The summed E-state index contributed by atoms with van der Waals surface area (Å²) in [4.78, 5) is 25.3. The Labute approximate surface area is 127 Å². The van der Waals surface area contributed by atoms with E-state index in [-0.39, 0.29) is 18.6 Å². The van der Waals surface area contributed by atoms with Crippen molar-refractivity contribution in [2.24, 2.45) is 0 Å². The number of nitrogens with one attached hydrogen (secondary N) is 1. The van der Waals surface area contributed by atoms with Crippen LogP contribution in [0.4, 0.5) is 10.5 Å². The first kappa shape index (κ1) is 15.7. The molecule has 0 radical (unpaired) electrons. The van der Waals surface area contributed by atoms with Gasteiger partial charge in [-0.1, -0.05) is 0 Å². The van der Waals surface area contributed by atoms with Crippen LogP contribution < -0.4 is 10.2 Å². The fourth-order valence-electron chi connectivity index (χ4n) is 1.98. The van der Waals surface area contributed by atoms with E-state index in [1.54, 1.807) is 16.7 Å². The summed E-state index contributed by atoms with van der Waals surface area (Å²) >= 11 is 1.55. The Kier molecular flexibility index (Phi) is 5.46. The third-order valence-corrected chi connectivity index (χ3v) is 3.95. The lowest BCUT2D eigenvalue weighted by Gasteiger charge is -2.13. The Morgan fingerprint density at radius 1 is 1.48 bits per heavy atom. The Morgan fingerprint density at radius 3 is 2.81 bits per heavy atom. The molecule has 0 bridgehead atoms. The maximum Gasteiger partial charge on any atom is 0.414 e. The second-order valence-electron chi connectivity index (χ2n) is 4.62. The van der Waals surface area contributed by atoms with Crippen molar-refractivity contribution in [3.8, 4) is 0 Å². The molecule has 1 fully saturated rings. The van der Waals surface area contributed by atoms with Crippen molar-refractivity contribution >= 4 is 29.4 Å². The molecule has 1 aromatic rings. The van der Waals surface area contributed by atoms with Crippen molar-refractivity contribution in [1.82, 2.24) is 5.32 Å². The van der Waals surface area contributed by atoms with E-state index in [1.807, 2.05) is 24.3 Å². The lowest BCUT2D eigenvalue weighted by Crippen LogP contribution is -2.33. The Hall–Kier alpha value is -1.73. The molecule has 2 N–H and O–H groups in total. The van der Waals surface area contributed by atoms with Crippen LogP contribution in [0.2, 0.25) is 0 Å². The number of aliphatic hydroxyl groups excluding tert-OH is 1. The van der Waals surface area contributed by atoms with Gasteiger partial charge < -0.3 is 15.2 Å². The summed E-state index contributed by atoms with van der Waals surface area (Å²) in [5, 5.41) is 11.4. The molecule has 1 aliphatic rings. The van der Waals surface area contributed by atoms with Gasteiger partial charge in [0, 0.05) is 23.3 Å². The van der Waals surface area contributed by atoms with Crippen LogP contribution in [0.3, 0.4) is 0 Å². The fraction of sp³-hybridized carbons (Fsp3) is 0.429. The number of hydrogen-bond donors (Lipinski definition) is 2. The smallest absolute Gasteiger partial charge is 0.414 e. The lowest BCUT2D eigenvalue weighted by atomic mass is 10.2. The maximum absolute atomic E-state index is 11.8. The number of aliphatic hydroxyl groups is 1. The third-order valence-electron chi connectivity index (χ3n) is 2.96. The van der Waals surface area contributed by atoms with Crippen molar-refractivity contribution in [3.63, 3.8) is 0 Å². The van der Waals surface area contributed by atoms with Gasteiger partial charge in [0.05, 0.1) is 19.7 Å². The Balaban J connectivity index is 1.95. The van der Waals surface area contributed by atoms with Crippen LogP contribution in [0, 0.1) is 0 Å². The second-order valence-corrected chi connectivity index (χ2v) is 5.79. The van der Waals surface area contributed by atoms with Gasteiger partial charge in [-0.25, -0.2) is 4.79 Å². The quantitative estimate of drug-likeness (QED) is 0.773. The molecule has 0 aliphatic carbocycles. The maximum atomic E-state index is 11.8. The number of cyclic esters (lactones) is 1. The van der Waals surface area contributed by atoms with E-state index in [9.17, 15) is 9.59 Å². The molecule has 21 heavy (non-hydrogen) atoms. The number of carbonyl (C=O) groups excluding carboxylic acids is 2.